The number of benzene rings is 3. The molecule has 3 heteroatoms. The lowest BCUT2D eigenvalue weighted by molar-refractivity contribution is 0.590. The van der Waals surface area contributed by atoms with E-state index >= 15 is 0 Å². The minimum Gasteiger partial charge on any atom is -0.294 e. The highest BCUT2D eigenvalue weighted by atomic mass is 79.9. The SMILES string of the molecule is [2H]C([2H])([2H])c1c(-n2c3ccccc3c3ccc(Br)cc32)ncc(C)c1-c1ccc(C(C)(C)C)cc1. The van der Waals surface area contributed by atoms with Gasteiger partial charge in [0, 0.05) is 31.1 Å². The van der Waals surface area contributed by atoms with Gasteiger partial charge in [0.05, 0.1) is 11.0 Å². The third-order valence-electron chi connectivity index (χ3n) is 6.14. The van der Waals surface area contributed by atoms with Crippen LogP contribution in [-0.4, -0.2) is 9.55 Å². The zero-order valence-corrected chi connectivity index (χ0v) is 20.3. The predicted molar refractivity (Wildman–Crippen MR) is 140 cm³/mol. The normalized spacial score (nSPS) is 13.8. The average molecular weight is 486 g/mol. The van der Waals surface area contributed by atoms with E-state index in [9.17, 15) is 0 Å². The maximum Gasteiger partial charge on any atom is 0.141 e. The number of aryl methyl sites for hydroxylation is 1. The fourth-order valence-corrected chi connectivity index (χ4v) is 4.80. The Morgan fingerprint density at radius 3 is 2.34 bits per heavy atom. The van der Waals surface area contributed by atoms with Gasteiger partial charge >= 0.3 is 0 Å². The summed E-state index contributed by atoms with van der Waals surface area (Å²) >= 11 is 3.60. The first-order chi connectivity index (χ1) is 16.5. The van der Waals surface area contributed by atoms with Crippen LogP contribution < -0.4 is 0 Å². The Morgan fingerprint density at radius 1 is 0.906 bits per heavy atom. The first-order valence-electron chi connectivity index (χ1n) is 12.3. The number of hydrogen-bond acceptors (Lipinski definition) is 1. The second-order valence-electron chi connectivity index (χ2n) is 9.36. The molecule has 32 heavy (non-hydrogen) atoms. The molecule has 0 aliphatic carbocycles. The van der Waals surface area contributed by atoms with Crippen LogP contribution in [0.5, 0.6) is 0 Å². The molecule has 0 saturated heterocycles. The van der Waals surface area contributed by atoms with E-state index in [2.05, 4.69) is 61.0 Å². The molecule has 0 N–H and O–H groups in total. The molecule has 0 unspecified atom stereocenters. The summed E-state index contributed by atoms with van der Waals surface area (Å²) in [7, 11) is 0. The van der Waals surface area contributed by atoms with Crippen LogP contribution in [0, 0.1) is 13.8 Å². The van der Waals surface area contributed by atoms with Crippen LogP contribution in [0.25, 0.3) is 38.8 Å². The molecule has 0 aliphatic heterocycles. The van der Waals surface area contributed by atoms with Gasteiger partial charge in [0.25, 0.3) is 0 Å². The summed E-state index contributed by atoms with van der Waals surface area (Å²) in [5.74, 6) is 0.440. The Bertz CT molecular complexity index is 1570. The van der Waals surface area contributed by atoms with Gasteiger partial charge in [-0.2, -0.15) is 0 Å². The van der Waals surface area contributed by atoms with E-state index in [-0.39, 0.29) is 11.0 Å². The maximum atomic E-state index is 8.57. The van der Waals surface area contributed by atoms with Gasteiger partial charge in [0.1, 0.15) is 5.82 Å². The van der Waals surface area contributed by atoms with Crippen LogP contribution in [0.15, 0.2) is 77.4 Å². The first kappa shape index (κ1) is 17.6. The summed E-state index contributed by atoms with van der Waals surface area (Å²) in [5, 5.41) is 2.11. The molecule has 2 nitrogen and oxygen atoms in total. The van der Waals surface area contributed by atoms with Crippen molar-refractivity contribution in [3.8, 4) is 16.9 Å². The fraction of sp³-hybridized carbons (Fsp3) is 0.207. The maximum absolute atomic E-state index is 8.57. The summed E-state index contributed by atoms with van der Waals surface area (Å²) in [6.45, 7) is 6.09. The number of fused-ring (bicyclic) bond motifs is 3. The smallest absolute Gasteiger partial charge is 0.141 e. The standard InChI is InChI=1S/C29H27BrN2/c1-18-17-31-28(19(2)27(18)20-10-12-21(13-11-20)29(3,4)5)32-25-9-7-6-8-23(25)24-15-14-22(30)16-26(24)32/h6-17H,1-5H3/i2D3. The minimum atomic E-state index is -2.36. The predicted octanol–water partition coefficient (Wildman–Crippen LogP) is 8.52. The molecular weight excluding hydrogens is 456 g/mol. The molecule has 0 bridgehead atoms. The average Bonchev–Trinajstić information content (AvgIpc) is 3.11. The lowest BCUT2D eigenvalue weighted by Gasteiger charge is -2.20. The number of pyridine rings is 1. The molecule has 2 heterocycles. The molecule has 2 aromatic heterocycles. The van der Waals surface area contributed by atoms with Gasteiger partial charge in [0.2, 0.25) is 0 Å². The minimum absolute atomic E-state index is 0.0141. The molecule has 0 spiro atoms. The lowest BCUT2D eigenvalue weighted by atomic mass is 9.85. The summed E-state index contributed by atoms with van der Waals surface area (Å²) in [6, 6.07) is 22.4. The number of halogens is 1. The number of para-hydroxylation sites is 1. The van der Waals surface area contributed by atoms with Crippen molar-refractivity contribution in [2.75, 3.05) is 0 Å². The molecule has 5 aromatic rings. The van der Waals surface area contributed by atoms with Gasteiger partial charge in [-0.05, 0) is 59.6 Å². The van der Waals surface area contributed by atoms with E-state index in [0.29, 0.717) is 5.82 Å². The van der Waals surface area contributed by atoms with E-state index in [1.807, 2.05) is 54.0 Å². The Labute approximate surface area is 202 Å². The number of nitrogens with zero attached hydrogens (tertiary/aromatic N) is 2. The summed E-state index contributed by atoms with van der Waals surface area (Å²) < 4.78 is 28.6. The third-order valence-corrected chi connectivity index (χ3v) is 6.63. The first-order valence-corrected chi connectivity index (χ1v) is 11.6. The van der Waals surface area contributed by atoms with Gasteiger partial charge in [-0.3, -0.25) is 4.57 Å². The van der Waals surface area contributed by atoms with E-state index in [0.717, 1.165) is 43.0 Å². The van der Waals surface area contributed by atoms with Crippen molar-refractivity contribution < 1.29 is 4.11 Å². The fourth-order valence-electron chi connectivity index (χ4n) is 4.45. The number of rotatable bonds is 2. The van der Waals surface area contributed by atoms with Crippen molar-refractivity contribution in [3.05, 3.63) is 94.1 Å². The molecule has 0 amide bonds. The Morgan fingerprint density at radius 2 is 1.62 bits per heavy atom. The highest BCUT2D eigenvalue weighted by Crippen LogP contribution is 2.37. The molecule has 0 aliphatic rings. The molecule has 3 aromatic carbocycles. The highest BCUT2D eigenvalue weighted by Gasteiger charge is 2.19. The summed E-state index contributed by atoms with van der Waals surface area (Å²) in [4.78, 5) is 4.75. The van der Waals surface area contributed by atoms with Crippen LogP contribution >= 0.6 is 15.9 Å². The Kier molecular flexibility index (Phi) is 4.18. The van der Waals surface area contributed by atoms with Crippen LogP contribution in [0.1, 0.15) is 41.6 Å². The van der Waals surface area contributed by atoms with Crippen molar-refractivity contribution in [1.29, 1.82) is 0 Å². The van der Waals surface area contributed by atoms with E-state index < -0.39 is 6.85 Å². The second kappa shape index (κ2) is 7.60. The number of hydrogen-bond donors (Lipinski definition) is 0. The van der Waals surface area contributed by atoms with Gasteiger partial charge in [-0.25, -0.2) is 4.98 Å². The van der Waals surface area contributed by atoms with E-state index in [1.54, 1.807) is 6.20 Å². The van der Waals surface area contributed by atoms with Gasteiger partial charge in [-0.15, -0.1) is 0 Å². The lowest BCUT2D eigenvalue weighted by Crippen LogP contribution is -2.10. The Hall–Kier alpha value is -2.91. The van der Waals surface area contributed by atoms with Crippen molar-refractivity contribution in [2.24, 2.45) is 0 Å². The second-order valence-corrected chi connectivity index (χ2v) is 10.3. The molecular formula is C29H27BrN2. The topological polar surface area (TPSA) is 17.8 Å². The Balaban J connectivity index is 1.88. The van der Waals surface area contributed by atoms with Crippen molar-refractivity contribution in [1.82, 2.24) is 9.55 Å². The van der Waals surface area contributed by atoms with E-state index in [1.165, 1.54) is 5.56 Å². The number of aromatic nitrogens is 2. The van der Waals surface area contributed by atoms with E-state index in [4.69, 9.17) is 9.10 Å². The van der Waals surface area contributed by atoms with Crippen LogP contribution in [0.2, 0.25) is 0 Å². The molecule has 160 valence electrons. The zero-order valence-electron chi connectivity index (χ0n) is 21.7. The zero-order chi connectivity index (χ0) is 25.1. The van der Waals surface area contributed by atoms with Crippen molar-refractivity contribution in [2.45, 2.75) is 40.0 Å². The monoisotopic (exact) mass is 485 g/mol. The van der Waals surface area contributed by atoms with Crippen LogP contribution in [0.3, 0.4) is 0 Å². The van der Waals surface area contributed by atoms with Crippen molar-refractivity contribution in [3.63, 3.8) is 0 Å². The molecule has 0 atom stereocenters. The van der Waals surface area contributed by atoms with Gasteiger partial charge in [0.15, 0.2) is 0 Å². The molecule has 0 radical (unpaired) electrons. The van der Waals surface area contributed by atoms with Gasteiger partial charge in [-0.1, -0.05) is 85.2 Å². The van der Waals surface area contributed by atoms with Crippen LogP contribution in [0.4, 0.5) is 0 Å². The third kappa shape index (κ3) is 3.36. The molecule has 0 saturated carbocycles. The molecule has 5 rings (SSSR count). The quantitative estimate of drug-likeness (QED) is 0.245. The highest BCUT2D eigenvalue weighted by molar-refractivity contribution is 9.10. The largest absolute Gasteiger partial charge is 0.294 e. The van der Waals surface area contributed by atoms with Gasteiger partial charge < -0.3 is 0 Å². The summed E-state index contributed by atoms with van der Waals surface area (Å²) in [5.41, 5.74) is 5.77. The van der Waals surface area contributed by atoms with Crippen LogP contribution in [-0.2, 0) is 5.41 Å². The summed E-state index contributed by atoms with van der Waals surface area (Å²) in [6.07, 6.45) is 1.79. The van der Waals surface area contributed by atoms with Crippen molar-refractivity contribution >= 4 is 37.7 Å². The molecule has 0 fully saturated rings.